The minimum Gasteiger partial charge on any atom is -0.472 e. The van der Waals surface area contributed by atoms with Crippen molar-refractivity contribution in [3.8, 4) is 5.88 Å². The molecule has 1 aromatic carbocycles. The normalized spacial score (nSPS) is 25.9. The Balaban J connectivity index is 1.20. The number of nitrogens with zero attached hydrogens (tertiary/aromatic N) is 4. The molecule has 0 spiro atoms. The molecule has 0 bridgehead atoms. The summed E-state index contributed by atoms with van der Waals surface area (Å²) in [6.45, 7) is 11.3. The van der Waals surface area contributed by atoms with Crippen LogP contribution in [0.3, 0.4) is 0 Å². The van der Waals surface area contributed by atoms with E-state index in [1.807, 2.05) is 47.1 Å². The Morgan fingerprint density at radius 1 is 1.21 bits per heavy atom. The van der Waals surface area contributed by atoms with E-state index in [0.717, 1.165) is 48.5 Å². The largest absolute Gasteiger partial charge is 0.472 e. The first-order valence-electron chi connectivity index (χ1n) is 13.8. The van der Waals surface area contributed by atoms with Crippen molar-refractivity contribution in [2.75, 3.05) is 25.0 Å². The Kier molecular flexibility index (Phi) is 6.42. The third-order valence-corrected chi connectivity index (χ3v) is 8.41. The first-order chi connectivity index (χ1) is 18.3. The average Bonchev–Trinajstić information content (AvgIpc) is 3.24. The van der Waals surface area contributed by atoms with Crippen LogP contribution in [0.25, 0.3) is 5.65 Å². The first kappa shape index (κ1) is 25.0. The summed E-state index contributed by atoms with van der Waals surface area (Å²) in [5, 5.41) is 11.8. The van der Waals surface area contributed by atoms with Crippen molar-refractivity contribution >= 4 is 17.6 Å². The number of rotatable bonds is 7. The van der Waals surface area contributed by atoms with Crippen molar-refractivity contribution in [3.05, 3.63) is 53.7 Å². The maximum absolute atomic E-state index is 13.1. The number of hydrogen-bond acceptors (Lipinski definition) is 7. The van der Waals surface area contributed by atoms with E-state index in [2.05, 4.69) is 43.4 Å². The summed E-state index contributed by atoms with van der Waals surface area (Å²) < 4.78 is 14.1. The van der Waals surface area contributed by atoms with E-state index in [1.54, 1.807) is 4.90 Å². The zero-order valence-electron chi connectivity index (χ0n) is 22.7. The van der Waals surface area contributed by atoms with Gasteiger partial charge in [0.2, 0.25) is 5.88 Å². The molecule has 2 saturated heterocycles. The molecule has 2 N–H and O–H groups in total. The van der Waals surface area contributed by atoms with Crippen molar-refractivity contribution in [2.45, 2.75) is 70.7 Å². The number of hydrogen-bond donors (Lipinski definition) is 2. The SMILES string of the molecule is CC(C)c1cnn2c(NC3C4CNCC43)cc(O[C@@H]3CCC(C)(C)N(C(=O)OCc4ccccc4)C3)nc12. The number of carbonyl (C=O) groups excluding carboxylic acids is 1. The van der Waals surface area contributed by atoms with Crippen LogP contribution < -0.4 is 15.4 Å². The maximum atomic E-state index is 13.1. The van der Waals surface area contributed by atoms with Crippen molar-refractivity contribution in [2.24, 2.45) is 11.8 Å². The minimum absolute atomic E-state index is 0.176. The lowest BCUT2D eigenvalue weighted by Gasteiger charge is -2.44. The molecule has 38 heavy (non-hydrogen) atoms. The van der Waals surface area contributed by atoms with Crippen molar-refractivity contribution in [3.63, 3.8) is 0 Å². The van der Waals surface area contributed by atoms with Gasteiger partial charge in [0.1, 0.15) is 18.5 Å². The van der Waals surface area contributed by atoms with Crippen LogP contribution >= 0.6 is 0 Å². The van der Waals surface area contributed by atoms with Crippen LogP contribution in [0, 0.1) is 11.8 Å². The number of anilines is 1. The number of benzene rings is 1. The number of nitrogens with one attached hydrogen (secondary N) is 2. The summed E-state index contributed by atoms with van der Waals surface area (Å²) in [6, 6.07) is 12.2. The van der Waals surface area contributed by atoms with Crippen molar-refractivity contribution in [1.82, 2.24) is 24.8 Å². The molecule has 1 saturated carbocycles. The Morgan fingerprint density at radius 2 is 1.97 bits per heavy atom. The van der Waals surface area contributed by atoms with E-state index in [0.29, 0.717) is 30.3 Å². The zero-order chi connectivity index (χ0) is 26.4. The van der Waals surface area contributed by atoms with E-state index >= 15 is 0 Å². The molecule has 1 aliphatic carbocycles. The number of ether oxygens (including phenoxy) is 2. The molecule has 3 fully saturated rings. The van der Waals surface area contributed by atoms with Gasteiger partial charge >= 0.3 is 6.09 Å². The van der Waals surface area contributed by atoms with Gasteiger partial charge in [-0.3, -0.25) is 4.90 Å². The molecule has 2 unspecified atom stereocenters. The molecule has 4 heterocycles. The fourth-order valence-electron chi connectivity index (χ4n) is 5.91. The summed E-state index contributed by atoms with van der Waals surface area (Å²) in [5.41, 5.74) is 2.57. The van der Waals surface area contributed by atoms with Gasteiger partial charge in [-0.1, -0.05) is 44.2 Å². The lowest BCUT2D eigenvalue weighted by molar-refractivity contribution is -0.00187. The van der Waals surface area contributed by atoms with Gasteiger partial charge in [-0.05, 0) is 50.0 Å². The number of piperidine rings is 2. The molecule has 0 radical (unpaired) electrons. The van der Waals surface area contributed by atoms with Crippen LogP contribution in [-0.2, 0) is 11.3 Å². The molecule has 3 atom stereocenters. The molecular weight excluding hydrogens is 480 g/mol. The first-order valence-corrected chi connectivity index (χ1v) is 13.8. The van der Waals surface area contributed by atoms with E-state index in [-0.39, 0.29) is 30.3 Å². The Labute approximate surface area is 223 Å². The standard InChI is InChI=1S/C29H38N6O3/c1-18(2)21-15-31-35-24(32-26-22-13-30-14-23(22)26)12-25(33-27(21)35)38-20-10-11-29(3,4)34(16-20)28(36)37-17-19-8-6-5-7-9-19/h5-9,12,15,18,20,22-23,26,30,32H,10-11,13-14,16-17H2,1-4H3/t20-,22?,23?,26?/m1/s1. The van der Waals surface area contributed by atoms with Crippen LogP contribution in [0.5, 0.6) is 5.88 Å². The van der Waals surface area contributed by atoms with E-state index in [9.17, 15) is 4.79 Å². The lowest BCUT2D eigenvalue weighted by Crippen LogP contribution is -2.56. The molecule has 3 aliphatic rings. The molecular formula is C29H38N6O3. The van der Waals surface area contributed by atoms with Crippen molar-refractivity contribution < 1.29 is 14.3 Å². The molecule has 2 aromatic heterocycles. The zero-order valence-corrected chi connectivity index (χ0v) is 22.7. The van der Waals surface area contributed by atoms with Crippen LogP contribution in [0.4, 0.5) is 10.6 Å². The van der Waals surface area contributed by atoms with Gasteiger partial charge in [0.15, 0.2) is 5.65 Å². The third-order valence-electron chi connectivity index (χ3n) is 8.41. The highest BCUT2D eigenvalue weighted by Crippen LogP contribution is 2.44. The summed E-state index contributed by atoms with van der Waals surface area (Å²) in [5.74, 6) is 3.09. The van der Waals surface area contributed by atoms with Gasteiger partial charge < -0.3 is 20.1 Å². The fourth-order valence-corrected chi connectivity index (χ4v) is 5.91. The summed E-state index contributed by atoms with van der Waals surface area (Å²) in [6.07, 6.45) is 3.06. The highest BCUT2D eigenvalue weighted by Gasteiger charge is 2.53. The van der Waals surface area contributed by atoms with Crippen molar-refractivity contribution in [1.29, 1.82) is 0 Å². The monoisotopic (exact) mass is 518 g/mol. The third kappa shape index (κ3) is 4.79. The maximum Gasteiger partial charge on any atom is 0.410 e. The van der Waals surface area contributed by atoms with Crippen LogP contribution in [0.15, 0.2) is 42.6 Å². The predicted molar refractivity (Wildman–Crippen MR) is 145 cm³/mol. The molecule has 1 amide bonds. The molecule has 202 valence electrons. The molecule has 9 heteroatoms. The van der Waals surface area contributed by atoms with Gasteiger partial charge in [-0.2, -0.15) is 14.6 Å². The van der Waals surface area contributed by atoms with Gasteiger partial charge in [0.25, 0.3) is 0 Å². The Bertz CT molecular complexity index is 1300. The molecule has 9 nitrogen and oxygen atoms in total. The molecule has 2 aliphatic heterocycles. The number of fused-ring (bicyclic) bond motifs is 2. The smallest absolute Gasteiger partial charge is 0.410 e. The van der Waals surface area contributed by atoms with Gasteiger partial charge in [-0.25, -0.2) is 4.79 Å². The summed E-state index contributed by atoms with van der Waals surface area (Å²) in [4.78, 5) is 19.8. The highest BCUT2D eigenvalue weighted by molar-refractivity contribution is 5.69. The second-order valence-electron chi connectivity index (χ2n) is 11.9. The van der Waals surface area contributed by atoms with Crippen LogP contribution in [0.1, 0.15) is 57.6 Å². The average molecular weight is 519 g/mol. The number of aromatic nitrogens is 3. The van der Waals surface area contributed by atoms with E-state index in [4.69, 9.17) is 14.5 Å². The molecule has 3 aromatic rings. The number of carbonyl (C=O) groups is 1. The topological polar surface area (TPSA) is 93.0 Å². The molecule has 6 rings (SSSR count). The second-order valence-corrected chi connectivity index (χ2v) is 11.9. The Hall–Kier alpha value is -3.33. The lowest BCUT2D eigenvalue weighted by atomic mass is 9.89. The van der Waals surface area contributed by atoms with Gasteiger partial charge in [0, 0.05) is 36.3 Å². The fraction of sp³-hybridized carbons (Fsp3) is 0.552. The predicted octanol–water partition coefficient (Wildman–Crippen LogP) is 4.44. The van der Waals surface area contributed by atoms with Gasteiger partial charge in [0.05, 0.1) is 12.7 Å². The Morgan fingerprint density at radius 3 is 2.71 bits per heavy atom. The quantitative estimate of drug-likeness (QED) is 0.478. The van der Waals surface area contributed by atoms with Crippen LogP contribution in [0.2, 0.25) is 0 Å². The van der Waals surface area contributed by atoms with E-state index in [1.165, 1.54) is 0 Å². The van der Waals surface area contributed by atoms with E-state index < -0.39 is 0 Å². The number of amides is 1. The number of likely N-dealkylation sites (tertiary alicyclic amines) is 1. The van der Waals surface area contributed by atoms with Gasteiger partial charge in [-0.15, -0.1) is 0 Å². The van der Waals surface area contributed by atoms with Crippen LogP contribution in [-0.4, -0.2) is 62.9 Å². The second kappa shape index (κ2) is 9.76. The summed E-state index contributed by atoms with van der Waals surface area (Å²) >= 11 is 0. The highest BCUT2D eigenvalue weighted by atomic mass is 16.6. The minimum atomic E-state index is -0.315. The summed E-state index contributed by atoms with van der Waals surface area (Å²) in [7, 11) is 0.